The van der Waals surface area contributed by atoms with E-state index in [-0.39, 0.29) is 12.1 Å². The van der Waals surface area contributed by atoms with Crippen LogP contribution in [0.25, 0.3) is 0 Å². The summed E-state index contributed by atoms with van der Waals surface area (Å²) >= 11 is 0. The number of nitrogens with one attached hydrogen (secondary N) is 2. The summed E-state index contributed by atoms with van der Waals surface area (Å²) in [5.74, 6) is 0.594. The van der Waals surface area contributed by atoms with Crippen LogP contribution < -0.4 is 10.6 Å². The zero-order valence-corrected chi connectivity index (χ0v) is 26.0. The van der Waals surface area contributed by atoms with Gasteiger partial charge in [0.15, 0.2) is 11.6 Å². The predicted molar refractivity (Wildman–Crippen MR) is 151 cm³/mol. The Hall–Kier alpha value is -1.15. The van der Waals surface area contributed by atoms with Crippen LogP contribution in [-0.4, -0.2) is 39.8 Å². The first-order valence-corrected chi connectivity index (χ1v) is 18.1. The molecule has 0 fully saturated rings. The quantitative estimate of drug-likeness (QED) is 0.330. The van der Waals surface area contributed by atoms with E-state index in [1.54, 1.807) is 0 Å². The lowest BCUT2D eigenvalue weighted by atomic mass is 9.94. The second kappa shape index (κ2) is 10.9. The molecule has 2 heterocycles. The Morgan fingerprint density at radius 1 is 0.559 bits per heavy atom. The lowest BCUT2D eigenvalue weighted by molar-refractivity contribution is -0.118. The molecule has 0 aromatic heterocycles. The molecule has 2 aliphatic heterocycles. The summed E-state index contributed by atoms with van der Waals surface area (Å²) < 4.78 is 0. The first-order chi connectivity index (χ1) is 15.7. The molecule has 2 atom stereocenters. The first kappa shape index (κ1) is 29.1. The molecule has 1 unspecified atom stereocenters. The Labute approximate surface area is 211 Å². The standard InChI is InChI=1S/C28H52N2O2Si2/c1-17(2)33(18(3)4,19(5)6)27-15-29-23(13-25(27)31)24-14-26(32)28(16-30-24)34(20(7)8,21(9)10)22(11)12/h15-24,29-30H,13-14H2,1-12H3/t23-,24?/m1/s1. The molecule has 34 heavy (non-hydrogen) atoms. The van der Waals surface area contributed by atoms with Crippen molar-refractivity contribution in [2.75, 3.05) is 0 Å². The normalized spacial score (nSPS) is 22.6. The van der Waals surface area contributed by atoms with E-state index in [0.29, 0.717) is 57.7 Å². The van der Waals surface area contributed by atoms with Crippen LogP contribution in [-0.2, 0) is 9.59 Å². The lowest BCUT2D eigenvalue weighted by Gasteiger charge is -2.47. The number of hydrogen-bond donors (Lipinski definition) is 2. The topological polar surface area (TPSA) is 58.2 Å². The molecule has 194 valence electrons. The summed E-state index contributed by atoms with van der Waals surface area (Å²) in [6.07, 6.45) is 5.07. The Kier molecular flexibility index (Phi) is 9.29. The highest BCUT2D eigenvalue weighted by Gasteiger charge is 2.51. The van der Waals surface area contributed by atoms with Gasteiger partial charge in [-0.3, -0.25) is 9.59 Å². The van der Waals surface area contributed by atoms with Gasteiger partial charge < -0.3 is 10.6 Å². The minimum absolute atomic E-state index is 0.0376. The maximum atomic E-state index is 13.6. The van der Waals surface area contributed by atoms with E-state index in [1.165, 1.54) is 0 Å². The molecule has 0 spiro atoms. The molecule has 0 aromatic rings. The number of carbonyl (C=O) groups excluding carboxylic acids is 2. The maximum Gasteiger partial charge on any atom is 0.158 e. The van der Waals surface area contributed by atoms with Crippen molar-refractivity contribution in [2.24, 2.45) is 0 Å². The number of ketones is 2. The summed E-state index contributed by atoms with van der Waals surface area (Å²) in [5, 5.41) is 9.36. The third-order valence-electron chi connectivity index (χ3n) is 9.45. The van der Waals surface area contributed by atoms with Crippen molar-refractivity contribution in [3.05, 3.63) is 22.8 Å². The largest absolute Gasteiger partial charge is 0.386 e. The van der Waals surface area contributed by atoms with Gasteiger partial charge in [-0.15, -0.1) is 0 Å². The van der Waals surface area contributed by atoms with Crippen LogP contribution in [0.3, 0.4) is 0 Å². The second-order valence-corrected chi connectivity index (χ2v) is 24.4. The highest BCUT2D eigenvalue weighted by Crippen LogP contribution is 2.49. The molecule has 2 N–H and O–H groups in total. The van der Waals surface area contributed by atoms with Crippen LogP contribution in [0.2, 0.25) is 33.2 Å². The van der Waals surface area contributed by atoms with Crippen LogP contribution in [0.4, 0.5) is 0 Å². The van der Waals surface area contributed by atoms with E-state index in [4.69, 9.17) is 0 Å². The maximum absolute atomic E-state index is 13.6. The highest BCUT2D eigenvalue weighted by molar-refractivity contribution is 6.94. The molecule has 0 radical (unpaired) electrons. The highest BCUT2D eigenvalue weighted by atomic mass is 28.3. The molecule has 0 aromatic carbocycles. The van der Waals surface area contributed by atoms with E-state index in [0.717, 1.165) is 10.4 Å². The van der Waals surface area contributed by atoms with E-state index in [1.807, 2.05) is 0 Å². The molecular formula is C28H52N2O2Si2. The fourth-order valence-corrected chi connectivity index (χ4v) is 22.0. The van der Waals surface area contributed by atoms with E-state index in [2.05, 4.69) is 106 Å². The molecule has 2 rings (SSSR count). The molecule has 0 saturated heterocycles. The fraction of sp³-hybridized carbons (Fsp3) is 0.786. The van der Waals surface area contributed by atoms with Crippen LogP contribution in [0.15, 0.2) is 22.8 Å². The van der Waals surface area contributed by atoms with Crippen LogP contribution in [0.1, 0.15) is 95.9 Å². The Bertz CT molecular complexity index is 713. The van der Waals surface area contributed by atoms with Gasteiger partial charge in [0.2, 0.25) is 0 Å². The Morgan fingerprint density at radius 3 is 0.971 bits per heavy atom. The van der Waals surface area contributed by atoms with Crippen molar-refractivity contribution >= 4 is 27.7 Å². The predicted octanol–water partition coefficient (Wildman–Crippen LogP) is 7.05. The van der Waals surface area contributed by atoms with Crippen molar-refractivity contribution < 1.29 is 9.59 Å². The smallest absolute Gasteiger partial charge is 0.158 e. The van der Waals surface area contributed by atoms with E-state index < -0.39 is 16.1 Å². The van der Waals surface area contributed by atoms with Gasteiger partial charge in [-0.1, -0.05) is 83.1 Å². The number of allylic oxidation sites excluding steroid dienone is 2. The number of hydrogen-bond acceptors (Lipinski definition) is 4. The second-order valence-electron chi connectivity index (χ2n) is 12.7. The molecule has 0 saturated carbocycles. The van der Waals surface area contributed by atoms with Crippen molar-refractivity contribution in [2.45, 2.75) is 141 Å². The van der Waals surface area contributed by atoms with Gasteiger partial charge in [-0.25, -0.2) is 0 Å². The lowest BCUT2D eigenvalue weighted by Crippen LogP contribution is -2.58. The first-order valence-electron chi connectivity index (χ1n) is 13.7. The zero-order chi connectivity index (χ0) is 26.2. The summed E-state index contributed by atoms with van der Waals surface area (Å²) in [6, 6.07) is -0.0752. The fourth-order valence-electron chi connectivity index (χ4n) is 8.39. The minimum Gasteiger partial charge on any atom is -0.386 e. The van der Waals surface area contributed by atoms with E-state index >= 15 is 0 Å². The van der Waals surface area contributed by atoms with Crippen LogP contribution in [0.5, 0.6) is 0 Å². The van der Waals surface area contributed by atoms with Gasteiger partial charge >= 0.3 is 0 Å². The summed E-state index contributed by atoms with van der Waals surface area (Å²) in [6.45, 7) is 27.6. The zero-order valence-electron chi connectivity index (χ0n) is 24.0. The Balaban J connectivity index is 2.35. The van der Waals surface area contributed by atoms with Crippen molar-refractivity contribution in [1.82, 2.24) is 10.6 Å². The molecular weight excluding hydrogens is 452 g/mol. The number of Topliss-reactive ketones (excluding diaryl/α,β-unsaturated/α-hetero) is 2. The Morgan fingerprint density at radius 2 is 0.794 bits per heavy atom. The van der Waals surface area contributed by atoms with Gasteiger partial charge in [-0.05, 0) is 56.0 Å². The summed E-state index contributed by atoms with van der Waals surface area (Å²) in [4.78, 5) is 27.2. The van der Waals surface area contributed by atoms with Crippen molar-refractivity contribution in [1.29, 1.82) is 0 Å². The monoisotopic (exact) mass is 504 g/mol. The molecule has 4 nitrogen and oxygen atoms in total. The molecule has 0 aliphatic carbocycles. The number of carbonyl (C=O) groups is 2. The molecule has 6 heteroatoms. The third kappa shape index (κ3) is 4.66. The van der Waals surface area contributed by atoms with Gasteiger partial charge in [0, 0.05) is 12.8 Å². The van der Waals surface area contributed by atoms with Crippen LogP contribution in [0, 0.1) is 0 Å². The third-order valence-corrected chi connectivity index (χ3v) is 23.6. The summed E-state index contributed by atoms with van der Waals surface area (Å²) in [7, 11) is -4.00. The SMILES string of the molecule is CC(C)[Si](C1=CNC([C@H]2CC(=O)C([Si](C(C)C)(C(C)C)C(C)C)=CN2)CC1=O)(C(C)C)C(C)C. The average molecular weight is 505 g/mol. The average Bonchev–Trinajstić information content (AvgIpc) is 2.69. The minimum atomic E-state index is -2.00. The number of rotatable bonds is 9. The molecule has 0 bridgehead atoms. The van der Waals surface area contributed by atoms with Gasteiger partial charge in [0.1, 0.15) is 16.1 Å². The van der Waals surface area contributed by atoms with Gasteiger partial charge in [0.05, 0.1) is 12.1 Å². The van der Waals surface area contributed by atoms with E-state index in [9.17, 15) is 9.59 Å². The van der Waals surface area contributed by atoms with Gasteiger partial charge in [-0.2, -0.15) is 0 Å². The van der Waals surface area contributed by atoms with Crippen LogP contribution >= 0.6 is 0 Å². The van der Waals surface area contributed by atoms with Crippen molar-refractivity contribution in [3.8, 4) is 0 Å². The summed E-state index contributed by atoms with van der Waals surface area (Å²) in [5.41, 5.74) is 3.01. The van der Waals surface area contributed by atoms with Crippen molar-refractivity contribution in [3.63, 3.8) is 0 Å². The van der Waals surface area contributed by atoms with Gasteiger partial charge in [0.25, 0.3) is 0 Å². The molecule has 0 amide bonds. The molecule has 2 aliphatic rings.